The van der Waals surface area contributed by atoms with Crippen LogP contribution in [0.1, 0.15) is 33.6 Å². The first-order valence-electron chi connectivity index (χ1n) is 4.90. The summed E-state index contributed by atoms with van der Waals surface area (Å²) in [6.45, 7) is 6.13. The van der Waals surface area contributed by atoms with Crippen LogP contribution in [0.3, 0.4) is 0 Å². The molecule has 3 atom stereocenters. The molecule has 1 saturated carbocycles. The summed E-state index contributed by atoms with van der Waals surface area (Å²) in [4.78, 5) is 13.4. The predicted molar refractivity (Wildman–Crippen MR) is 47.7 cm³/mol. The largest absolute Gasteiger partial charge is 0.336 e. The highest BCUT2D eigenvalue weighted by molar-refractivity contribution is 5.75. The fraction of sp³-hybridized carbons (Fsp3) is 0.900. The van der Waals surface area contributed by atoms with E-state index < -0.39 is 0 Å². The molecule has 0 aromatic carbocycles. The number of rotatable bonds is 1. The maximum atomic E-state index is 11.3. The van der Waals surface area contributed by atoms with Gasteiger partial charge in [0.05, 0.1) is 0 Å². The Balaban J connectivity index is 2.11. The number of carbonyl (C=O) groups is 1. The van der Waals surface area contributed by atoms with Gasteiger partial charge in [0.1, 0.15) is 0 Å². The van der Waals surface area contributed by atoms with Gasteiger partial charge in [-0.2, -0.15) is 0 Å². The third-order valence-corrected chi connectivity index (χ3v) is 3.28. The van der Waals surface area contributed by atoms with E-state index in [1.54, 1.807) is 6.92 Å². The Bertz CT molecular complexity index is 212. The Hall–Kier alpha value is -0.530. The molecule has 2 heteroatoms. The molecular formula is C10H17NO. The summed E-state index contributed by atoms with van der Waals surface area (Å²) in [7, 11) is 0. The van der Waals surface area contributed by atoms with Crippen molar-refractivity contribution in [2.24, 2.45) is 11.8 Å². The smallest absolute Gasteiger partial charge is 0.219 e. The highest BCUT2D eigenvalue weighted by Gasteiger charge is 2.53. The van der Waals surface area contributed by atoms with Crippen molar-refractivity contribution in [2.75, 3.05) is 0 Å². The maximum Gasteiger partial charge on any atom is 0.219 e. The van der Waals surface area contributed by atoms with Crippen LogP contribution >= 0.6 is 0 Å². The minimum atomic E-state index is 0.277. The summed E-state index contributed by atoms with van der Waals surface area (Å²) in [6, 6.07) is 1.15. The molecule has 68 valence electrons. The van der Waals surface area contributed by atoms with Crippen molar-refractivity contribution in [1.29, 1.82) is 0 Å². The topological polar surface area (TPSA) is 20.3 Å². The molecule has 2 nitrogen and oxygen atoms in total. The van der Waals surface area contributed by atoms with E-state index >= 15 is 0 Å². The summed E-state index contributed by atoms with van der Waals surface area (Å²) < 4.78 is 0. The standard InChI is InChI=1S/C10H17NO/c1-6(2)9-4-8-5-10(8)11(9)7(3)12/h6,8-10H,4-5H2,1-3H3/t8-,9?,10+/m0/s1. The summed E-state index contributed by atoms with van der Waals surface area (Å²) in [5.74, 6) is 1.75. The SMILES string of the molecule is CC(=O)N1C(C(C)C)C[C@H]2C[C@H]21. The lowest BCUT2D eigenvalue weighted by Crippen LogP contribution is -2.39. The first-order valence-corrected chi connectivity index (χ1v) is 4.90. The van der Waals surface area contributed by atoms with E-state index in [-0.39, 0.29) is 5.91 Å². The van der Waals surface area contributed by atoms with Gasteiger partial charge in [0, 0.05) is 19.0 Å². The molecule has 0 aromatic heterocycles. The molecule has 12 heavy (non-hydrogen) atoms. The third kappa shape index (κ3) is 1.05. The summed E-state index contributed by atoms with van der Waals surface area (Å²) in [6.07, 6.45) is 2.52. The molecule has 0 aromatic rings. The molecular weight excluding hydrogens is 150 g/mol. The molecule has 2 fully saturated rings. The van der Waals surface area contributed by atoms with E-state index in [2.05, 4.69) is 18.7 Å². The average Bonchev–Trinajstić information content (AvgIpc) is 2.60. The number of hydrogen-bond donors (Lipinski definition) is 0. The van der Waals surface area contributed by atoms with Crippen LogP contribution in [0.5, 0.6) is 0 Å². The first kappa shape index (κ1) is 8.09. The van der Waals surface area contributed by atoms with Crippen molar-refractivity contribution < 1.29 is 4.79 Å². The third-order valence-electron chi connectivity index (χ3n) is 3.28. The Kier molecular flexibility index (Phi) is 1.67. The van der Waals surface area contributed by atoms with Gasteiger partial charge < -0.3 is 4.90 Å². The van der Waals surface area contributed by atoms with Gasteiger partial charge in [0.15, 0.2) is 0 Å². The fourth-order valence-corrected chi connectivity index (χ4v) is 2.56. The lowest BCUT2D eigenvalue weighted by Gasteiger charge is -2.29. The van der Waals surface area contributed by atoms with Gasteiger partial charge >= 0.3 is 0 Å². The number of fused-ring (bicyclic) bond motifs is 1. The van der Waals surface area contributed by atoms with Crippen molar-refractivity contribution in [3.8, 4) is 0 Å². The van der Waals surface area contributed by atoms with Crippen LogP contribution in [0.25, 0.3) is 0 Å². The molecule has 1 aliphatic heterocycles. The Labute approximate surface area is 73.9 Å². The predicted octanol–water partition coefficient (Wildman–Crippen LogP) is 1.65. The van der Waals surface area contributed by atoms with Crippen LogP contribution in [-0.2, 0) is 4.79 Å². The lowest BCUT2D eigenvalue weighted by atomic mass is 10.00. The van der Waals surface area contributed by atoms with Gasteiger partial charge in [0.25, 0.3) is 0 Å². The second-order valence-corrected chi connectivity index (χ2v) is 4.54. The first-order chi connectivity index (χ1) is 5.61. The minimum Gasteiger partial charge on any atom is -0.336 e. The molecule has 0 N–H and O–H groups in total. The summed E-state index contributed by atoms with van der Waals surface area (Å²) >= 11 is 0. The van der Waals surface area contributed by atoms with Crippen LogP contribution in [0.15, 0.2) is 0 Å². The number of likely N-dealkylation sites (tertiary alicyclic amines) is 1. The molecule has 2 rings (SSSR count). The van der Waals surface area contributed by atoms with E-state index in [0.717, 1.165) is 5.92 Å². The second kappa shape index (κ2) is 2.48. The van der Waals surface area contributed by atoms with Crippen molar-refractivity contribution >= 4 is 5.91 Å². The highest BCUT2D eigenvalue weighted by atomic mass is 16.2. The molecule has 1 aliphatic carbocycles. The zero-order valence-corrected chi connectivity index (χ0v) is 8.08. The number of amides is 1. The molecule has 0 spiro atoms. The minimum absolute atomic E-state index is 0.277. The molecule has 1 saturated heterocycles. The summed E-state index contributed by atoms with van der Waals surface area (Å²) in [5, 5.41) is 0. The second-order valence-electron chi connectivity index (χ2n) is 4.54. The summed E-state index contributed by atoms with van der Waals surface area (Å²) in [5.41, 5.74) is 0. The van der Waals surface area contributed by atoms with E-state index in [1.807, 2.05) is 0 Å². The Morgan fingerprint density at radius 2 is 2.08 bits per heavy atom. The van der Waals surface area contributed by atoms with Crippen LogP contribution in [0.4, 0.5) is 0 Å². The van der Waals surface area contributed by atoms with Gasteiger partial charge in [0.2, 0.25) is 5.91 Å². The van der Waals surface area contributed by atoms with Gasteiger partial charge in [-0.3, -0.25) is 4.79 Å². The quantitative estimate of drug-likeness (QED) is 0.581. The number of piperidine rings is 1. The van der Waals surface area contributed by atoms with Crippen LogP contribution in [0.2, 0.25) is 0 Å². The fourth-order valence-electron chi connectivity index (χ4n) is 2.56. The number of nitrogens with zero attached hydrogens (tertiary/aromatic N) is 1. The van der Waals surface area contributed by atoms with Crippen LogP contribution < -0.4 is 0 Å². The Morgan fingerprint density at radius 1 is 1.42 bits per heavy atom. The maximum absolute atomic E-state index is 11.3. The van der Waals surface area contributed by atoms with Gasteiger partial charge in [-0.15, -0.1) is 0 Å². The average molecular weight is 167 g/mol. The zero-order valence-electron chi connectivity index (χ0n) is 8.08. The molecule has 1 heterocycles. The van der Waals surface area contributed by atoms with Crippen LogP contribution in [0, 0.1) is 11.8 Å². The van der Waals surface area contributed by atoms with Crippen molar-refractivity contribution in [1.82, 2.24) is 4.90 Å². The van der Waals surface area contributed by atoms with Gasteiger partial charge in [-0.1, -0.05) is 13.8 Å². The van der Waals surface area contributed by atoms with Crippen LogP contribution in [-0.4, -0.2) is 22.9 Å². The Morgan fingerprint density at radius 3 is 2.50 bits per heavy atom. The lowest BCUT2D eigenvalue weighted by molar-refractivity contribution is -0.131. The van der Waals surface area contributed by atoms with E-state index in [4.69, 9.17) is 0 Å². The van der Waals surface area contributed by atoms with Crippen molar-refractivity contribution in [3.05, 3.63) is 0 Å². The monoisotopic (exact) mass is 167 g/mol. The normalized spacial score (nSPS) is 38.7. The molecule has 0 bridgehead atoms. The van der Waals surface area contributed by atoms with Gasteiger partial charge in [-0.05, 0) is 24.7 Å². The molecule has 1 unspecified atom stereocenters. The zero-order chi connectivity index (χ0) is 8.88. The van der Waals surface area contributed by atoms with Crippen molar-refractivity contribution in [3.63, 3.8) is 0 Å². The molecule has 0 radical (unpaired) electrons. The van der Waals surface area contributed by atoms with Crippen molar-refractivity contribution in [2.45, 2.75) is 45.7 Å². The highest BCUT2D eigenvalue weighted by Crippen LogP contribution is 2.49. The van der Waals surface area contributed by atoms with Gasteiger partial charge in [-0.25, -0.2) is 0 Å². The molecule has 1 amide bonds. The van der Waals surface area contributed by atoms with E-state index in [9.17, 15) is 4.79 Å². The van der Waals surface area contributed by atoms with E-state index in [0.29, 0.717) is 18.0 Å². The molecule has 2 aliphatic rings. The van der Waals surface area contributed by atoms with E-state index in [1.165, 1.54) is 12.8 Å². The number of carbonyl (C=O) groups excluding carboxylic acids is 1. The number of hydrogen-bond acceptors (Lipinski definition) is 1.